The molecule has 0 saturated carbocycles. The van der Waals surface area contributed by atoms with Crippen LogP contribution in [0.3, 0.4) is 0 Å². The Morgan fingerprint density at radius 2 is 2.21 bits per heavy atom. The number of anilines is 1. The first-order valence-electron chi connectivity index (χ1n) is 6.09. The molecule has 0 bridgehead atoms. The van der Waals surface area contributed by atoms with Crippen molar-refractivity contribution in [3.05, 3.63) is 50.7 Å². The summed E-state index contributed by atoms with van der Waals surface area (Å²) in [5.74, 6) is 0.0859. The number of halogens is 1. The van der Waals surface area contributed by atoms with Crippen molar-refractivity contribution >= 4 is 34.5 Å². The number of hydrogen-bond donors (Lipinski definition) is 2. The van der Waals surface area contributed by atoms with E-state index in [0.29, 0.717) is 5.02 Å². The smallest absolute Gasteiger partial charge is 0.124 e. The second-order valence-corrected chi connectivity index (χ2v) is 6.05. The fraction of sp³-hybridized carbons (Fsp3) is 0.214. The second-order valence-electron chi connectivity index (χ2n) is 4.62. The van der Waals surface area contributed by atoms with Crippen LogP contribution in [-0.4, -0.2) is 12.4 Å². The molecule has 1 aliphatic heterocycles. The lowest BCUT2D eigenvalue weighted by Crippen LogP contribution is -2.31. The summed E-state index contributed by atoms with van der Waals surface area (Å²) in [7, 11) is 0. The van der Waals surface area contributed by atoms with Gasteiger partial charge in [-0.15, -0.1) is 11.3 Å². The molecule has 0 saturated heterocycles. The molecule has 0 radical (unpaired) electrons. The molecular formula is C14H14ClN3S. The molecule has 0 unspecified atom stereocenters. The van der Waals surface area contributed by atoms with Gasteiger partial charge >= 0.3 is 0 Å². The number of thiophene rings is 1. The van der Waals surface area contributed by atoms with E-state index in [4.69, 9.17) is 22.7 Å². The highest BCUT2D eigenvalue weighted by Crippen LogP contribution is 2.31. The van der Waals surface area contributed by atoms with E-state index in [-0.39, 0.29) is 5.84 Å². The molecule has 5 heteroatoms. The van der Waals surface area contributed by atoms with Gasteiger partial charge in [-0.2, -0.15) is 0 Å². The van der Waals surface area contributed by atoms with Crippen molar-refractivity contribution in [2.75, 3.05) is 11.4 Å². The Labute approximate surface area is 121 Å². The second kappa shape index (κ2) is 4.87. The van der Waals surface area contributed by atoms with Crippen molar-refractivity contribution in [2.45, 2.75) is 13.0 Å². The van der Waals surface area contributed by atoms with Crippen LogP contribution in [0.1, 0.15) is 16.0 Å². The monoisotopic (exact) mass is 291 g/mol. The summed E-state index contributed by atoms with van der Waals surface area (Å²) in [5, 5.41) is 10.5. The SMILES string of the molecule is N=C(N)c1ccc(Cl)cc1N1CCc2sccc2C1. The Kier molecular flexibility index (Phi) is 3.21. The third kappa shape index (κ3) is 2.33. The third-order valence-electron chi connectivity index (χ3n) is 3.40. The molecule has 19 heavy (non-hydrogen) atoms. The fourth-order valence-corrected chi connectivity index (χ4v) is 3.50. The summed E-state index contributed by atoms with van der Waals surface area (Å²) in [6.45, 7) is 1.80. The highest BCUT2D eigenvalue weighted by Gasteiger charge is 2.20. The largest absolute Gasteiger partial charge is 0.384 e. The fourth-order valence-electron chi connectivity index (χ4n) is 2.45. The molecule has 98 valence electrons. The van der Waals surface area contributed by atoms with Crippen LogP contribution in [0.5, 0.6) is 0 Å². The minimum atomic E-state index is 0.0859. The molecule has 0 aliphatic carbocycles. The van der Waals surface area contributed by atoms with E-state index in [1.807, 2.05) is 23.5 Å². The number of rotatable bonds is 2. The summed E-state index contributed by atoms with van der Waals surface area (Å²) < 4.78 is 0. The number of hydrogen-bond acceptors (Lipinski definition) is 3. The summed E-state index contributed by atoms with van der Waals surface area (Å²) in [5.41, 5.74) is 8.74. The van der Waals surface area contributed by atoms with Crippen molar-refractivity contribution in [3.63, 3.8) is 0 Å². The van der Waals surface area contributed by atoms with E-state index in [0.717, 1.165) is 30.8 Å². The van der Waals surface area contributed by atoms with Gasteiger partial charge in [-0.1, -0.05) is 11.6 Å². The lowest BCUT2D eigenvalue weighted by Gasteiger charge is -2.30. The van der Waals surface area contributed by atoms with Gasteiger partial charge in [0.1, 0.15) is 5.84 Å². The summed E-state index contributed by atoms with van der Waals surface area (Å²) in [6, 6.07) is 7.67. The van der Waals surface area contributed by atoms with Crippen LogP contribution in [0.25, 0.3) is 0 Å². The Bertz CT molecular complexity index is 635. The van der Waals surface area contributed by atoms with Crippen LogP contribution in [0.15, 0.2) is 29.6 Å². The van der Waals surface area contributed by atoms with E-state index >= 15 is 0 Å². The van der Waals surface area contributed by atoms with Crippen LogP contribution in [-0.2, 0) is 13.0 Å². The minimum Gasteiger partial charge on any atom is -0.384 e. The number of nitrogens with zero attached hydrogens (tertiary/aromatic N) is 1. The van der Waals surface area contributed by atoms with Gasteiger partial charge in [0, 0.05) is 34.2 Å². The quantitative estimate of drug-likeness (QED) is 0.659. The molecule has 3 N–H and O–H groups in total. The molecule has 0 atom stereocenters. The number of fused-ring (bicyclic) bond motifs is 1. The number of nitrogens with one attached hydrogen (secondary N) is 1. The van der Waals surface area contributed by atoms with Gasteiger partial charge in [-0.25, -0.2) is 0 Å². The van der Waals surface area contributed by atoms with Crippen molar-refractivity contribution in [3.8, 4) is 0 Å². The molecule has 1 aromatic heterocycles. The van der Waals surface area contributed by atoms with E-state index < -0.39 is 0 Å². The first kappa shape index (κ1) is 12.5. The molecule has 0 amide bonds. The predicted octanol–water partition coefficient (Wildman–Crippen LogP) is 3.25. The van der Waals surface area contributed by atoms with Crippen LogP contribution in [0.2, 0.25) is 5.02 Å². The van der Waals surface area contributed by atoms with Crippen molar-refractivity contribution in [2.24, 2.45) is 5.73 Å². The third-order valence-corrected chi connectivity index (χ3v) is 4.66. The average molecular weight is 292 g/mol. The van der Waals surface area contributed by atoms with E-state index in [2.05, 4.69) is 16.3 Å². The normalized spacial score (nSPS) is 14.3. The summed E-state index contributed by atoms with van der Waals surface area (Å²) in [4.78, 5) is 3.71. The Morgan fingerprint density at radius 3 is 3.00 bits per heavy atom. The van der Waals surface area contributed by atoms with Crippen molar-refractivity contribution in [1.82, 2.24) is 0 Å². The molecule has 0 spiro atoms. The Morgan fingerprint density at radius 1 is 1.37 bits per heavy atom. The predicted molar refractivity (Wildman–Crippen MR) is 81.5 cm³/mol. The summed E-state index contributed by atoms with van der Waals surface area (Å²) in [6.07, 6.45) is 1.04. The number of benzene rings is 1. The number of nitrogens with two attached hydrogens (primary N) is 1. The van der Waals surface area contributed by atoms with Crippen LogP contribution in [0.4, 0.5) is 5.69 Å². The molecule has 1 aliphatic rings. The van der Waals surface area contributed by atoms with Gasteiger partial charge in [-0.3, -0.25) is 5.41 Å². The zero-order valence-electron chi connectivity index (χ0n) is 10.3. The maximum atomic E-state index is 7.69. The maximum absolute atomic E-state index is 7.69. The van der Waals surface area contributed by atoms with Crippen LogP contribution in [0, 0.1) is 5.41 Å². The van der Waals surface area contributed by atoms with Crippen LogP contribution >= 0.6 is 22.9 Å². The number of amidine groups is 1. The maximum Gasteiger partial charge on any atom is 0.124 e. The van der Waals surface area contributed by atoms with Gasteiger partial charge in [0.05, 0.1) is 0 Å². The zero-order valence-corrected chi connectivity index (χ0v) is 11.9. The van der Waals surface area contributed by atoms with Crippen LogP contribution < -0.4 is 10.6 Å². The first-order valence-corrected chi connectivity index (χ1v) is 7.35. The Balaban J connectivity index is 1.99. The summed E-state index contributed by atoms with van der Waals surface area (Å²) >= 11 is 7.90. The molecule has 3 rings (SSSR count). The van der Waals surface area contributed by atoms with Gasteiger partial charge < -0.3 is 10.6 Å². The van der Waals surface area contributed by atoms with Gasteiger partial charge in [0.2, 0.25) is 0 Å². The molecular weight excluding hydrogens is 278 g/mol. The topological polar surface area (TPSA) is 53.1 Å². The van der Waals surface area contributed by atoms with Gasteiger partial charge in [-0.05, 0) is 41.6 Å². The van der Waals surface area contributed by atoms with Crippen molar-refractivity contribution in [1.29, 1.82) is 5.41 Å². The highest BCUT2D eigenvalue weighted by molar-refractivity contribution is 7.10. The molecule has 0 fully saturated rings. The minimum absolute atomic E-state index is 0.0859. The molecule has 2 heterocycles. The van der Waals surface area contributed by atoms with E-state index in [9.17, 15) is 0 Å². The average Bonchev–Trinajstić information content (AvgIpc) is 2.85. The zero-order chi connectivity index (χ0) is 13.4. The molecule has 2 aromatic rings. The molecule has 3 nitrogen and oxygen atoms in total. The van der Waals surface area contributed by atoms with E-state index in [1.54, 1.807) is 6.07 Å². The number of nitrogen functional groups attached to an aromatic ring is 1. The van der Waals surface area contributed by atoms with Gasteiger partial charge in [0.25, 0.3) is 0 Å². The lowest BCUT2D eigenvalue weighted by atomic mass is 10.1. The van der Waals surface area contributed by atoms with E-state index in [1.165, 1.54) is 10.4 Å². The standard InChI is InChI=1S/C14H14ClN3S/c15-10-1-2-11(14(16)17)12(7-10)18-5-3-13-9(8-18)4-6-19-13/h1-2,4,6-7H,3,5,8H2,(H3,16,17). The highest BCUT2D eigenvalue weighted by atomic mass is 35.5. The first-order chi connectivity index (χ1) is 9.15. The lowest BCUT2D eigenvalue weighted by molar-refractivity contribution is 0.743. The van der Waals surface area contributed by atoms with Gasteiger partial charge in [0.15, 0.2) is 0 Å². The van der Waals surface area contributed by atoms with Crippen molar-refractivity contribution < 1.29 is 0 Å². The molecule has 1 aromatic carbocycles. The Hall–Kier alpha value is -1.52.